The van der Waals surface area contributed by atoms with Gasteiger partial charge in [0.2, 0.25) is 5.95 Å². The zero-order valence-corrected chi connectivity index (χ0v) is 20.3. The van der Waals surface area contributed by atoms with Gasteiger partial charge in [-0.25, -0.2) is 14.6 Å². The molecule has 5 aromatic rings. The minimum absolute atomic E-state index is 0.301. The van der Waals surface area contributed by atoms with E-state index in [1.54, 1.807) is 26.2 Å². The van der Waals surface area contributed by atoms with Crippen molar-refractivity contribution in [2.45, 2.75) is 19.9 Å². The molecule has 0 fully saturated rings. The molecule has 0 saturated carbocycles. The highest BCUT2D eigenvalue weighted by molar-refractivity contribution is 6.30. The average Bonchev–Trinajstić information content (AvgIpc) is 3.17. The van der Waals surface area contributed by atoms with Gasteiger partial charge in [0.15, 0.2) is 0 Å². The van der Waals surface area contributed by atoms with E-state index in [1.165, 1.54) is 0 Å². The zero-order chi connectivity index (χ0) is 25.4. The lowest BCUT2D eigenvalue weighted by atomic mass is 10.1. The largest absolute Gasteiger partial charge is 0.497 e. The first-order chi connectivity index (χ1) is 17.3. The Kier molecular flexibility index (Phi) is 6.12. The summed E-state index contributed by atoms with van der Waals surface area (Å²) in [4.78, 5) is 28.7. The number of nitrogens with zero attached hydrogens (tertiary/aromatic N) is 2. The van der Waals surface area contributed by atoms with Gasteiger partial charge in [-0.15, -0.1) is 0 Å². The predicted octanol–water partition coefficient (Wildman–Crippen LogP) is 5.80. The average molecular weight is 504 g/mol. The number of anilines is 2. The molecule has 9 heteroatoms. The molecule has 0 amide bonds. The maximum atomic E-state index is 12.4. The molecular formula is C27H22ClN3O5. The van der Waals surface area contributed by atoms with E-state index in [1.807, 2.05) is 53.1 Å². The smallest absolute Gasteiger partial charge is 0.351 e. The molecule has 0 aliphatic rings. The van der Waals surface area contributed by atoms with Crippen LogP contribution >= 0.6 is 11.6 Å². The van der Waals surface area contributed by atoms with Crippen LogP contribution in [0.3, 0.4) is 0 Å². The first-order valence-electron chi connectivity index (χ1n) is 11.2. The number of carboxylic acid groups (broad SMARTS) is 1. The number of carbonyl (C=O) groups is 1. The summed E-state index contributed by atoms with van der Waals surface area (Å²) in [5, 5.41) is 14.0. The van der Waals surface area contributed by atoms with Crippen LogP contribution in [0.5, 0.6) is 5.75 Å². The molecule has 36 heavy (non-hydrogen) atoms. The Hall–Kier alpha value is -4.30. The molecule has 0 spiro atoms. The molecule has 2 aromatic heterocycles. The number of methoxy groups -OCH3 is 1. The van der Waals surface area contributed by atoms with Gasteiger partial charge in [0.1, 0.15) is 16.9 Å². The third kappa shape index (κ3) is 4.38. The summed E-state index contributed by atoms with van der Waals surface area (Å²) in [6.07, 6.45) is 0.683. The van der Waals surface area contributed by atoms with Crippen molar-refractivity contribution in [3.05, 3.63) is 92.8 Å². The second-order valence-corrected chi connectivity index (χ2v) is 8.79. The molecule has 2 N–H and O–H groups in total. The van der Waals surface area contributed by atoms with Gasteiger partial charge in [-0.05, 0) is 66.9 Å². The number of hydrogen-bond acceptors (Lipinski definition) is 6. The van der Waals surface area contributed by atoms with Gasteiger partial charge in [-0.1, -0.05) is 23.7 Å². The SMILES string of the molecule is COc1ccc(Nc2nc3cc4c(C)c(C(=O)O)c(=O)oc4cc3n2CCc2cccc(Cl)c2)cc1. The maximum Gasteiger partial charge on any atom is 0.351 e. The Morgan fingerprint density at radius 3 is 2.64 bits per heavy atom. The normalized spacial score (nSPS) is 11.2. The number of aromatic carboxylic acids is 1. The summed E-state index contributed by atoms with van der Waals surface area (Å²) in [5.74, 6) is 0.00381. The molecule has 0 radical (unpaired) electrons. The van der Waals surface area contributed by atoms with Crippen LogP contribution in [0.25, 0.3) is 22.0 Å². The van der Waals surface area contributed by atoms with Crippen molar-refractivity contribution >= 4 is 51.2 Å². The number of nitrogens with one attached hydrogen (secondary N) is 1. The third-order valence-corrected chi connectivity index (χ3v) is 6.34. The number of rotatable bonds is 7. The number of benzene rings is 3. The fraction of sp³-hybridized carbons (Fsp3) is 0.148. The Morgan fingerprint density at radius 2 is 1.94 bits per heavy atom. The summed E-state index contributed by atoms with van der Waals surface area (Å²) in [6.45, 7) is 2.17. The topological polar surface area (TPSA) is 107 Å². The number of fused-ring (bicyclic) bond motifs is 2. The second-order valence-electron chi connectivity index (χ2n) is 8.35. The quantitative estimate of drug-likeness (QED) is 0.270. The van der Waals surface area contributed by atoms with Crippen LogP contribution in [0.2, 0.25) is 5.02 Å². The third-order valence-electron chi connectivity index (χ3n) is 6.11. The van der Waals surface area contributed by atoms with Crippen molar-refractivity contribution in [2.75, 3.05) is 12.4 Å². The van der Waals surface area contributed by atoms with Crippen LogP contribution in [0, 0.1) is 6.92 Å². The molecule has 5 rings (SSSR count). The van der Waals surface area contributed by atoms with Crippen LogP contribution in [0.15, 0.2) is 69.9 Å². The molecule has 0 bridgehead atoms. The summed E-state index contributed by atoms with van der Waals surface area (Å²) < 4.78 is 12.6. The van der Waals surface area contributed by atoms with Crippen molar-refractivity contribution < 1.29 is 19.1 Å². The van der Waals surface area contributed by atoms with E-state index < -0.39 is 11.6 Å². The number of carboxylic acids is 1. The molecule has 182 valence electrons. The number of aromatic nitrogens is 2. The van der Waals surface area contributed by atoms with E-state index in [2.05, 4.69) is 5.32 Å². The molecule has 3 aromatic carbocycles. The fourth-order valence-electron chi connectivity index (χ4n) is 4.27. The molecule has 2 heterocycles. The zero-order valence-electron chi connectivity index (χ0n) is 19.5. The van der Waals surface area contributed by atoms with Crippen LogP contribution in [-0.2, 0) is 13.0 Å². The predicted molar refractivity (Wildman–Crippen MR) is 139 cm³/mol. The van der Waals surface area contributed by atoms with E-state index in [-0.39, 0.29) is 5.56 Å². The van der Waals surface area contributed by atoms with Crippen LogP contribution < -0.4 is 15.7 Å². The van der Waals surface area contributed by atoms with Gasteiger partial charge in [0.25, 0.3) is 0 Å². The second kappa shape index (κ2) is 9.39. The Labute approximate surface area is 210 Å². The molecule has 8 nitrogen and oxygen atoms in total. The van der Waals surface area contributed by atoms with Crippen LogP contribution in [0.1, 0.15) is 21.5 Å². The van der Waals surface area contributed by atoms with Gasteiger partial charge >= 0.3 is 11.6 Å². The van der Waals surface area contributed by atoms with Crippen LogP contribution in [-0.4, -0.2) is 27.7 Å². The highest BCUT2D eigenvalue weighted by Crippen LogP contribution is 2.30. The number of imidazole rings is 1. The number of hydrogen-bond donors (Lipinski definition) is 2. The highest BCUT2D eigenvalue weighted by atomic mass is 35.5. The summed E-state index contributed by atoms with van der Waals surface area (Å²) in [5.41, 5.74) is 2.64. The molecule has 0 saturated heterocycles. The van der Waals surface area contributed by atoms with Crippen molar-refractivity contribution in [1.82, 2.24) is 9.55 Å². The van der Waals surface area contributed by atoms with Gasteiger partial charge in [-0.2, -0.15) is 0 Å². The monoisotopic (exact) mass is 503 g/mol. The standard InChI is InChI=1S/C27H22ClN3O5/c1-15-20-13-21-22(14-23(20)36-26(34)24(15)25(32)33)31(11-10-16-4-3-5-17(28)12-16)27(30-21)29-18-6-8-19(35-2)9-7-18/h3-9,12-14H,10-11H2,1-2H3,(H,29,30)(H,32,33). The Balaban J connectivity index is 1.64. The first-order valence-corrected chi connectivity index (χ1v) is 11.6. The van der Waals surface area contributed by atoms with Gasteiger partial charge < -0.3 is 24.1 Å². The lowest BCUT2D eigenvalue weighted by Gasteiger charge is -2.12. The Bertz CT molecular complexity index is 1670. The molecule has 0 atom stereocenters. The molecule has 0 aliphatic carbocycles. The van der Waals surface area contributed by atoms with Crippen LogP contribution in [0.4, 0.5) is 11.6 Å². The summed E-state index contributed by atoms with van der Waals surface area (Å²) >= 11 is 6.17. The summed E-state index contributed by atoms with van der Waals surface area (Å²) in [6, 6.07) is 18.6. The number of aryl methyl sites for hydroxylation is 3. The molecule has 0 aliphatic heterocycles. The lowest BCUT2D eigenvalue weighted by Crippen LogP contribution is -2.15. The van der Waals surface area contributed by atoms with Crippen molar-refractivity contribution in [3.8, 4) is 5.75 Å². The minimum Gasteiger partial charge on any atom is -0.497 e. The highest BCUT2D eigenvalue weighted by Gasteiger charge is 2.20. The van der Waals surface area contributed by atoms with Crippen molar-refractivity contribution in [2.24, 2.45) is 0 Å². The van der Waals surface area contributed by atoms with Gasteiger partial charge in [-0.3, -0.25) is 0 Å². The lowest BCUT2D eigenvalue weighted by molar-refractivity contribution is 0.0691. The summed E-state index contributed by atoms with van der Waals surface area (Å²) in [7, 11) is 1.61. The van der Waals surface area contributed by atoms with E-state index in [0.29, 0.717) is 46.0 Å². The van der Waals surface area contributed by atoms with E-state index in [9.17, 15) is 14.7 Å². The van der Waals surface area contributed by atoms with E-state index in [0.717, 1.165) is 22.5 Å². The number of halogens is 1. The molecule has 0 unspecified atom stereocenters. The van der Waals surface area contributed by atoms with Crippen molar-refractivity contribution in [3.63, 3.8) is 0 Å². The first kappa shape index (κ1) is 23.4. The molecular weight excluding hydrogens is 482 g/mol. The van der Waals surface area contributed by atoms with E-state index >= 15 is 0 Å². The van der Waals surface area contributed by atoms with E-state index in [4.69, 9.17) is 25.7 Å². The minimum atomic E-state index is -1.32. The van der Waals surface area contributed by atoms with Crippen molar-refractivity contribution in [1.29, 1.82) is 0 Å². The Morgan fingerprint density at radius 1 is 1.17 bits per heavy atom. The fourth-order valence-corrected chi connectivity index (χ4v) is 4.49. The number of ether oxygens (including phenoxy) is 1. The van der Waals surface area contributed by atoms with Gasteiger partial charge in [0.05, 0.1) is 18.1 Å². The maximum absolute atomic E-state index is 12.4. The van der Waals surface area contributed by atoms with Gasteiger partial charge in [0, 0.05) is 28.7 Å².